The van der Waals surface area contributed by atoms with Gasteiger partial charge in [-0.1, -0.05) is 0 Å². The zero-order chi connectivity index (χ0) is 13.4. The minimum absolute atomic E-state index is 0. The summed E-state index contributed by atoms with van der Waals surface area (Å²) in [6, 6.07) is 0. The Kier molecular flexibility index (Phi) is 5.58. The quantitative estimate of drug-likeness (QED) is 0.581. The molecule has 2 aliphatic carbocycles. The topological polar surface area (TPSA) is 81.4 Å². The molecule has 0 radical (unpaired) electrons. The molecule has 4 rings (SSSR count). The molecule has 0 aromatic carbocycles. The van der Waals surface area contributed by atoms with Gasteiger partial charge in [0.25, 0.3) is 0 Å². The summed E-state index contributed by atoms with van der Waals surface area (Å²) in [6.07, 6.45) is 9.09. The van der Waals surface area contributed by atoms with Crippen molar-refractivity contribution in [3.05, 3.63) is 23.5 Å². The van der Waals surface area contributed by atoms with Gasteiger partial charge in [-0.2, -0.15) is 10.2 Å². The molecule has 22 heavy (non-hydrogen) atoms. The number of H-pyrrole nitrogens is 2. The molecule has 0 spiro atoms. The van der Waals surface area contributed by atoms with E-state index in [0.717, 1.165) is 36.6 Å². The Morgan fingerprint density at radius 2 is 1.23 bits per heavy atom. The van der Waals surface area contributed by atoms with E-state index < -0.39 is 0 Å². The van der Waals surface area contributed by atoms with E-state index in [0.29, 0.717) is 0 Å². The predicted octanol–water partition coefficient (Wildman–Crippen LogP) is 3.26. The molecule has 0 amide bonds. The fourth-order valence-corrected chi connectivity index (χ4v) is 2.66. The van der Waals surface area contributed by atoms with E-state index >= 15 is 0 Å². The summed E-state index contributed by atoms with van der Waals surface area (Å²) < 4.78 is 0. The van der Waals surface area contributed by atoms with E-state index in [1.165, 1.54) is 36.8 Å². The van der Waals surface area contributed by atoms with Crippen molar-refractivity contribution >= 4 is 36.4 Å². The first-order valence-corrected chi connectivity index (χ1v) is 7.46. The molecule has 0 unspecified atom stereocenters. The smallest absolute Gasteiger partial charge is 0.124 e. The first-order valence-electron chi connectivity index (χ1n) is 7.46. The largest absolute Gasteiger partial charge is 0.368 e. The lowest BCUT2D eigenvalue weighted by Crippen LogP contribution is -2.15. The number of hydrogen-bond donors (Lipinski definition) is 4. The van der Waals surface area contributed by atoms with Crippen molar-refractivity contribution in [1.82, 2.24) is 20.4 Å². The lowest BCUT2D eigenvalue weighted by molar-refractivity contribution is 0.999. The Hall–Kier alpha value is -1.40. The van der Waals surface area contributed by atoms with Crippen LogP contribution in [-0.2, 0) is 0 Å². The lowest BCUT2D eigenvalue weighted by Gasteiger charge is -2.08. The monoisotopic (exact) mass is 344 g/mol. The van der Waals surface area contributed by atoms with E-state index in [1.54, 1.807) is 0 Å². The molecule has 0 atom stereocenters. The number of nitrogens with zero attached hydrogens (tertiary/aromatic N) is 2. The minimum Gasteiger partial charge on any atom is -0.368 e. The van der Waals surface area contributed by atoms with E-state index in [-0.39, 0.29) is 24.8 Å². The molecular weight excluding hydrogens is 323 g/mol. The third-order valence-corrected chi connectivity index (χ3v) is 4.10. The van der Waals surface area contributed by atoms with Crippen LogP contribution in [0.1, 0.15) is 48.6 Å². The number of anilines is 2. The van der Waals surface area contributed by atoms with E-state index in [2.05, 4.69) is 31.0 Å². The first kappa shape index (κ1) is 17.0. The number of aromatic nitrogens is 4. The highest BCUT2D eigenvalue weighted by molar-refractivity contribution is 5.85. The zero-order valence-electron chi connectivity index (χ0n) is 12.3. The molecular formula is C14H22Cl2N6. The Morgan fingerprint density at radius 3 is 1.59 bits per heavy atom. The maximum Gasteiger partial charge on any atom is 0.124 e. The van der Waals surface area contributed by atoms with Gasteiger partial charge in [0.15, 0.2) is 0 Å². The van der Waals surface area contributed by atoms with Gasteiger partial charge >= 0.3 is 0 Å². The number of halogens is 2. The van der Waals surface area contributed by atoms with Crippen LogP contribution in [0.4, 0.5) is 11.6 Å². The Morgan fingerprint density at radius 1 is 0.818 bits per heavy atom. The van der Waals surface area contributed by atoms with Gasteiger partial charge < -0.3 is 10.6 Å². The molecule has 8 heteroatoms. The normalized spacial score (nSPS) is 16.5. The summed E-state index contributed by atoms with van der Waals surface area (Å²) >= 11 is 0. The summed E-state index contributed by atoms with van der Waals surface area (Å²) in [5.74, 6) is 3.61. The van der Waals surface area contributed by atoms with Gasteiger partial charge in [-0.15, -0.1) is 24.8 Å². The highest BCUT2D eigenvalue weighted by atomic mass is 35.5. The number of aromatic amines is 2. The summed E-state index contributed by atoms with van der Waals surface area (Å²) in [5, 5.41) is 21.2. The van der Waals surface area contributed by atoms with Crippen LogP contribution in [0.2, 0.25) is 0 Å². The van der Waals surface area contributed by atoms with E-state index in [1.807, 2.05) is 12.4 Å². The molecule has 4 N–H and O–H groups in total. The van der Waals surface area contributed by atoms with Crippen molar-refractivity contribution in [3.8, 4) is 0 Å². The maximum absolute atomic E-state index is 4.13. The predicted molar refractivity (Wildman–Crippen MR) is 92.6 cm³/mol. The van der Waals surface area contributed by atoms with Crippen molar-refractivity contribution in [3.63, 3.8) is 0 Å². The molecule has 2 aromatic rings. The average molecular weight is 345 g/mol. The van der Waals surface area contributed by atoms with Gasteiger partial charge in [0.1, 0.15) is 11.6 Å². The molecule has 2 heterocycles. The van der Waals surface area contributed by atoms with Gasteiger partial charge in [-0.25, -0.2) is 0 Å². The van der Waals surface area contributed by atoms with Crippen LogP contribution in [0.25, 0.3) is 0 Å². The van der Waals surface area contributed by atoms with Gasteiger partial charge in [0, 0.05) is 24.2 Å². The molecule has 0 aliphatic heterocycles. The van der Waals surface area contributed by atoms with Crippen molar-refractivity contribution < 1.29 is 0 Å². The second-order valence-corrected chi connectivity index (χ2v) is 5.80. The average Bonchev–Trinajstić information content (AvgIpc) is 3.39. The number of rotatable bonds is 7. The van der Waals surface area contributed by atoms with Gasteiger partial charge in [0.05, 0.1) is 12.4 Å². The zero-order valence-corrected chi connectivity index (χ0v) is 13.9. The van der Waals surface area contributed by atoms with Crippen LogP contribution < -0.4 is 10.6 Å². The van der Waals surface area contributed by atoms with Gasteiger partial charge in [-0.05, 0) is 37.5 Å². The minimum atomic E-state index is 0. The van der Waals surface area contributed by atoms with Crippen molar-refractivity contribution in [2.24, 2.45) is 0 Å². The Labute approximate surface area is 142 Å². The summed E-state index contributed by atoms with van der Waals surface area (Å²) in [6.45, 7) is 1.73. The molecule has 2 aliphatic rings. The summed E-state index contributed by atoms with van der Waals surface area (Å²) in [5.41, 5.74) is 2.68. The van der Waals surface area contributed by atoms with Crippen molar-refractivity contribution in [2.45, 2.75) is 37.5 Å². The SMILES string of the molecule is Cl.Cl.c1n[nH]c(NCCNc2[nH]ncc2C2CC2)c1C1CC1. The molecule has 2 fully saturated rings. The van der Waals surface area contributed by atoms with Crippen LogP contribution in [0.15, 0.2) is 12.4 Å². The molecule has 122 valence electrons. The van der Waals surface area contributed by atoms with Crippen LogP contribution in [0.3, 0.4) is 0 Å². The highest BCUT2D eigenvalue weighted by Gasteiger charge is 2.28. The second-order valence-electron chi connectivity index (χ2n) is 5.80. The molecule has 0 saturated heterocycles. The van der Waals surface area contributed by atoms with Crippen molar-refractivity contribution in [2.75, 3.05) is 23.7 Å². The molecule has 0 bridgehead atoms. The third kappa shape index (κ3) is 3.67. The standard InChI is InChI=1S/C14H20N6.2ClH/c1-2-9(1)11-7-17-19-13(11)15-5-6-16-14-12(8-18-20-14)10-3-4-10;;/h7-10H,1-6H2,(H2,15,17,19)(H2,16,18,20);2*1H. The number of hydrogen-bond acceptors (Lipinski definition) is 4. The Balaban J connectivity index is 0.000000882. The Bertz CT molecular complexity index is 535. The van der Waals surface area contributed by atoms with E-state index in [9.17, 15) is 0 Å². The molecule has 2 saturated carbocycles. The van der Waals surface area contributed by atoms with Crippen LogP contribution in [-0.4, -0.2) is 33.5 Å². The molecule has 2 aromatic heterocycles. The first-order chi connectivity index (χ1) is 9.92. The van der Waals surface area contributed by atoms with E-state index in [4.69, 9.17) is 0 Å². The highest BCUT2D eigenvalue weighted by Crippen LogP contribution is 2.43. The van der Waals surface area contributed by atoms with Crippen LogP contribution in [0, 0.1) is 0 Å². The fourth-order valence-electron chi connectivity index (χ4n) is 2.66. The summed E-state index contributed by atoms with van der Waals surface area (Å²) in [7, 11) is 0. The lowest BCUT2D eigenvalue weighted by atomic mass is 10.2. The summed E-state index contributed by atoms with van der Waals surface area (Å²) in [4.78, 5) is 0. The molecule has 6 nitrogen and oxygen atoms in total. The number of nitrogens with one attached hydrogen (secondary N) is 4. The second kappa shape index (κ2) is 7.24. The van der Waals surface area contributed by atoms with Crippen LogP contribution >= 0.6 is 24.8 Å². The fraction of sp³-hybridized carbons (Fsp3) is 0.571. The van der Waals surface area contributed by atoms with Crippen LogP contribution in [0.5, 0.6) is 0 Å². The maximum atomic E-state index is 4.13. The third-order valence-electron chi connectivity index (χ3n) is 4.10. The van der Waals surface area contributed by atoms with Gasteiger partial charge in [-0.3, -0.25) is 10.2 Å². The van der Waals surface area contributed by atoms with Crippen molar-refractivity contribution in [1.29, 1.82) is 0 Å². The van der Waals surface area contributed by atoms with Gasteiger partial charge in [0.2, 0.25) is 0 Å².